The van der Waals surface area contributed by atoms with Crippen LogP contribution in [0.5, 0.6) is 5.75 Å². The van der Waals surface area contributed by atoms with Crippen molar-refractivity contribution in [2.24, 2.45) is 0 Å². The molecule has 0 radical (unpaired) electrons. The van der Waals surface area contributed by atoms with Crippen molar-refractivity contribution < 1.29 is 13.5 Å². The molecule has 1 nitrogen and oxygen atoms in total. The molecule has 0 saturated heterocycles. The van der Waals surface area contributed by atoms with Crippen LogP contribution in [0.1, 0.15) is 25.3 Å². The first-order valence-electron chi connectivity index (χ1n) is 4.87. The predicted octanol–water partition coefficient (Wildman–Crippen LogP) is 4.39. The lowest BCUT2D eigenvalue weighted by Gasteiger charge is -2.11. The number of benzene rings is 1. The van der Waals surface area contributed by atoms with E-state index < -0.39 is 6.61 Å². The van der Waals surface area contributed by atoms with Crippen LogP contribution in [0.4, 0.5) is 8.78 Å². The van der Waals surface area contributed by atoms with Crippen LogP contribution in [0.15, 0.2) is 22.7 Å². The van der Waals surface area contributed by atoms with Gasteiger partial charge in [0.2, 0.25) is 0 Å². The first-order valence-corrected chi connectivity index (χ1v) is 5.66. The molecule has 0 atom stereocenters. The topological polar surface area (TPSA) is 9.23 Å². The second-order valence-corrected chi connectivity index (χ2v) is 4.05. The van der Waals surface area contributed by atoms with E-state index in [1.165, 1.54) is 0 Å². The Bertz CT molecular complexity index is 315. The fourth-order valence-corrected chi connectivity index (χ4v) is 1.89. The summed E-state index contributed by atoms with van der Waals surface area (Å²) in [5.41, 5.74) is 0.819. The minimum absolute atomic E-state index is 0.271. The van der Waals surface area contributed by atoms with E-state index in [9.17, 15) is 8.78 Å². The van der Waals surface area contributed by atoms with Gasteiger partial charge >= 0.3 is 6.61 Å². The van der Waals surface area contributed by atoms with Gasteiger partial charge in [-0.3, -0.25) is 0 Å². The maximum atomic E-state index is 12.1. The molecule has 0 fully saturated rings. The molecular formula is C11H13BrF2O. The van der Waals surface area contributed by atoms with Crippen LogP contribution in [-0.4, -0.2) is 6.61 Å². The molecule has 0 unspecified atom stereocenters. The highest BCUT2D eigenvalue weighted by molar-refractivity contribution is 9.10. The lowest BCUT2D eigenvalue weighted by atomic mass is 10.1. The molecule has 0 aliphatic carbocycles. The Labute approximate surface area is 96.6 Å². The molecule has 15 heavy (non-hydrogen) atoms. The zero-order valence-corrected chi connectivity index (χ0v) is 10.1. The number of ether oxygens (including phenoxy) is 1. The SMILES string of the molecule is CCCCc1c(Br)cccc1OC(F)F. The van der Waals surface area contributed by atoms with E-state index in [0.717, 1.165) is 29.3 Å². The van der Waals surface area contributed by atoms with Gasteiger partial charge in [0.1, 0.15) is 5.75 Å². The smallest absolute Gasteiger partial charge is 0.387 e. The second kappa shape index (κ2) is 6.05. The van der Waals surface area contributed by atoms with Gasteiger partial charge in [-0.2, -0.15) is 8.78 Å². The largest absolute Gasteiger partial charge is 0.435 e. The first-order chi connectivity index (χ1) is 7.15. The quantitative estimate of drug-likeness (QED) is 0.776. The van der Waals surface area contributed by atoms with Gasteiger partial charge in [0, 0.05) is 10.0 Å². The molecule has 1 rings (SSSR count). The summed E-state index contributed by atoms with van der Waals surface area (Å²) in [6.45, 7) is -0.704. The maximum Gasteiger partial charge on any atom is 0.387 e. The van der Waals surface area contributed by atoms with Gasteiger partial charge in [0.15, 0.2) is 0 Å². The summed E-state index contributed by atoms with van der Waals surface area (Å²) in [7, 11) is 0. The Morgan fingerprint density at radius 2 is 2.13 bits per heavy atom. The van der Waals surface area contributed by atoms with E-state index >= 15 is 0 Å². The molecule has 0 aliphatic rings. The summed E-state index contributed by atoms with van der Waals surface area (Å²) in [6.07, 6.45) is 2.73. The summed E-state index contributed by atoms with van der Waals surface area (Å²) in [5, 5.41) is 0. The van der Waals surface area contributed by atoms with Gasteiger partial charge in [0.05, 0.1) is 0 Å². The highest BCUT2D eigenvalue weighted by Gasteiger charge is 2.11. The minimum Gasteiger partial charge on any atom is -0.435 e. The molecule has 0 saturated carbocycles. The van der Waals surface area contributed by atoms with Crippen molar-refractivity contribution in [3.63, 3.8) is 0 Å². The van der Waals surface area contributed by atoms with Gasteiger partial charge in [-0.15, -0.1) is 0 Å². The number of hydrogen-bond acceptors (Lipinski definition) is 1. The van der Waals surface area contributed by atoms with E-state index in [-0.39, 0.29) is 5.75 Å². The van der Waals surface area contributed by atoms with Gasteiger partial charge in [-0.25, -0.2) is 0 Å². The highest BCUT2D eigenvalue weighted by atomic mass is 79.9. The zero-order chi connectivity index (χ0) is 11.3. The Kier molecular flexibility index (Phi) is 5.02. The van der Waals surface area contributed by atoms with Crippen LogP contribution < -0.4 is 4.74 Å². The number of alkyl halides is 2. The molecule has 4 heteroatoms. The van der Waals surface area contributed by atoms with Crippen molar-refractivity contribution >= 4 is 15.9 Å². The molecule has 0 spiro atoms. The van der Waals surface area contributed by atoms with E-state index in [0.29, 0.717) is 0 Å². The van der Waals surface area contributed by atoms with E-state index in [2.05, 4.69) is 27.6 Å². The predicted molar refractivity (Wildman–Crippen MR) is 59.4 cm³/mol. The molecule has 0 N–H and O–H groups in total. The van der Waals surface area contributed by atoms with Crippen molar-refractivity contribution in [3.8, 4) is 5.75 Å². The summed E-state index contributed by atoms with van der Waals surface area (Å²) in [6, 6.07) is 5.10. The van der Waals surface area contributed by atoms with Gasteiger partial charge in [-0.1, -0.05) is 35.3 Å². The van der Waals surface area contributed by atoms with Crippen molar-refractivity contribution in [3.05, 3.63) is 28.2 Å². The van der Waals surface area contributed by atoms with Crippen molar-refractivity contribution in [1.82, 2.24) is 0 Å². The van der Waals surface area contributed by atoms with Gasteiger partial charge in [-0.05, 0) is 25.0 Å². The van der Waals surface area contributed by atoms with Crippen LogP contribution in [0.2, 0.25) is 0 Å². The summed E-state index contributed by atoms with van der Waals surface area (Å²) in [4.78, 5) is 0. The third-order valence-corrected chi connectivity index (χ3v) is 2.82. The molecule has 0 aromatic heterocycles. The van der Waals surface area contributed by atoms with Crippen LogP contribution in [0, 0.1) is 0 Å². The van der Waals surface area contributed by atoms with E-state index in [4.69, 9.17) is 0 Å². The monoisotopic (exact) mass is 278 g/mol. The van der Waals surface area contributed by atoms with Crippen molar-refractivity contribution in [2.75, 3.05) is 0 Å². The normalized spacial score (nSPS) is 10.7. The Morgan fingerprint density at radius 1 is 1.40 bits per heavy atom. The van der Waals surface area contributed by atoms with Crippen LogP contribution in [0.25, 0.3) is 0 Å². The van der Waals surface area contributed by atoms with E-state index in [1.54, 1.807) is 12.1 Å². The lowest BCUT2D eigenvalue weighted by molar-refractivity contribution is -0.0505. The average Bonchev–Trinajstić information content (AvgIpc) is 2.16. The Hall–Kier alpha value is -0.640. The van der Waals surface area contributed by atoms with Crippen molar-refractivity contribution in [1.29, 1.82) is 0 Å². The third kappa shape index (κ3) is 3.78. The molecule has 0 amide bonds. The fourth-order valence-electron chi connectivity index (χ4n) is 1.34. The highest BCUT2D eigenvalue weighted by Crippen LogP contribution is 2.29. The van der Waals surface area contributed by atoms with Gasteiger partial charge < -0.3 is 4.74 Å². The molecule has 0 bridgehead atoms. The summed E-state index contributed by atoms with van der Waals surface area (Å²) < 4.78 is 29.5. The number of halogens is 3. The molecule has 0 heterocycles. The first kappa shape index (κ1) is 12.4. The molecule has 1 aromatic rings. The molecular weight excluding hydrogens is 266 g/mol. The standard InChI is InChI=1S/C11H13BrF2O/c1-2-3-5-8-9(12)6-4-7-10(8)15-11(13)14/h4,6-7,11H,2-3,5H2,1H3. The molecule has 84 valence electrons. The zero-order valence-electron chi connectivity index (χ0n) is 8.47. The summed E-state index contributed by atoms with van der Waals surface area (Å²) >= 11 is 3.34. The van der Waals surface area contributed by atoms with Crippen LogP contribution in [0.3, 0.4) is 0 Å². The number of hydrogen-bond donors (Lipinski definition) is 0. The maximum absolute atomic E-state index is 12.1. The fraction of sp³-hybridized carbons (Fsp3) is 0.455. The molecule has 1 aromatic carbocycles. The summed E-state index contributed by atoms with van der Waals surface area (Å²) in [5.74, 6) is 0.271. The lowest BCUT2D eigenvalue weighted by Crippen LogP contribution is -2.04. The Balaban J connectivity index is 2.87. The van der Waals surface area contributed by atoms with Crippen LogP contribution in [-0.2, 0) is 6.42 Å². The second-order valence-electron chi connectivity index (χ2n) is 3.20. The van der Waals surface area contributed by atoms with Crippen LogP contribution >= 0.6 is 15.9 Å². The van der Waals surface area contributed by atoms with E-state index in [1.807, 2.05) is 6.07 Å². The molecule has 0 aliphatic heterocycles. The number of unbranched alkanes of at least 4 members (excludes halogenated alkanes) is 1. The Morgan fingerprint density at radius 3 is 2.73 bits per heavy atom. The van der Waals surface area contributed by atoms with Crippen molar-refractivity contribution in [2.45, 2.75) is 32.8 Å². The van der Waals surface area contributed by atoms with Gasteiger partial charge in [0.25, 0.3) is 0 Å². The number of rotatable bonds is 5. The third-order valence-electron chi connectivity index (χ3n) is 2.07. The average molecular weight is 279 g/mol. The minimum atomic E-state index is -2.76.